The predicted molar refractivity (Wildman–Crippen MR) is 117 cm³/mol. The molecule has 0 N–H and O–H groups in total. The van der Waals surface area contributed by atoms with Crippen molar-refractivity contribution in [2.45, 2.75) is 38.1 Å². The van der Waals surface area contributed by atoms with Crippen LogP contribution in [0.1, 0.15) is 52.5 Å². The van der Waals surface area contributed by atoms with E-state index in [1.54, 1.807) is 10.9 Å². The summed E-state index contributed by atoms with van der Waals surface area (Å²) in [6.07, 6.45) is 9.93. The van der Waals surface area contributed by atoms with Crippen LogP contribution in [0.5, 0.6) is 5.88 Å². The van der Waals surface area contributed by atoms with Crippen molar-refractivity contribution in [3.8, 4) is 5.88 Å². The number of nitrogens with zero attached hydrogens (tertiary/aromatic N) is 6. The maximum Gasteiger partial charge on any atom is 0.250 e. The van der Waals surface area contributed by atoms with E-state index in [0.717, 1.165) is 11.3 Å². The normalized spacial score (nSPS) is 13.6. The molecule has 0 unspecified atom stereocenters. The van der Waals surface area contributed by atoms with E-state index >= 15 is 0 Å². The number of ether oxygens (including phenoxy) is 1. The molecule has 0 atom stereocenters. The highest BCUT2D eigenvalue weighted by molar-refractivity contribution is 9.10. The standard InChI is InChI=1S/C22H20BrFN6O2/c1-32-22-21(24)16(17(23)8-25-22)5-6-19(31)18-12-30(28-27-18)11-15-10-29-9-14(13-2-3-13)4-7-20(29)26-15/h4,7-10,12-13H,2-3,5-6,11H2,1H3. The second kappa shape index (κ2) is 8.42. The Morgan fingerprint density at radius 2 is 2.12 bits per heavy atom. The Hall–Kier alpha value is -3.14. The lowest BCUT2D eigenvalue weighted by Gasteiger charge is -2.08. The molecule has 32 heavy (non-hydrogen) atoms. The summed E-state index contributed by atoms with van der Waals surface area (Å²) in [5.41, 5.74) is 3.62. The second-order valence-electron chi connectivity index (χ2n) is 7.87. The summed E-state index contributed by atoms with van der Waals surface area (Å²) in [4.78, 5) is 21.1. The highest BCUT2D eigenvalue weighted by Gasteiger charge is 2.24. The van der Waals surface area contributed by atoms with Crippen molar-refractivity contribution < 1.29 is 13.9 Å². The van der Waals surface area contributed by atoms with Crippen LogP contribution in [0.2, 0.25) is 0 Å². The molecule has 0 radical (unpaired) electrons. The summed E-state index contributed by atoms with van der Waals surface area (Å²) >= 11 is 3.28. The molecular formula is C22H20BrFN6O2. The predicted octanol–water partition coefficient (Wildman–Crippen LogP) is 3.97. The summed E-state index contributed by atoms with van der Waals surface area (Å²) in [6.45, 7) is 0.405. The average Bonchev–Trinajstić information content (AvgIpc) is 3.40. The topological polar surface area (TPSA) is 87.2 Å². The number of hydrogen-bond acceptors (Lipinski definition) is 6. The molecule has 164 valence electrons. The van der Waals surface area contributed by atoms with Gasteiger partial charge in [-0.05, 0) is 52.7 Å². The first kappa shape index (κ1) is 20.7. The van der Waals surface area contributed by atoms with Crippen LogP contribution in [0.3, 0.4) is 0 Å². The fourth-order valence-corrected chi connectivity index (χ4v) is 4.16. The molecule has 0 aliphatic heterocycles. The van der Waals surface area contributed by atoms with Crippen LogP contribution in [0, 0.1) is 5.82 Å². The number of hydrogen-bond donors (Lipinski definition) is 0. The van der Waals surface area contributed by atoms with E-state index < -0.39 is 5.82 Å². The zero-order valence-electron chi connectivity index (χ0n) is 17.3. The molecule has 1 aliphatic carbocycles. The van der Waals surface area contributed by atoms with Crippen molar-refractivity contribution in [3.63, 3.8) is 0 Å². The first-order chi connectivity index (χ1) is 15.5. The van der Waals surface area contributed by atoms with E-state index in [1.807, 2.05) is 16.7 Å². The molecule has 1 fully saturated rings. The summed E-state index contributed by atoms with van der Waals surface area (Å²) in [5, 5.41) is 8.05. The Kier molecular flexibility index (Phi) is 5.46. The van der Waals surface area contributed by atoms with Crippen LogP contribution >= 0.6 is 15.9 Å². The maximum atomic E-state index is 14.4. The maximum absolute atomic E-state index is 14.4. The van der Waals surface area contributed by atoms with Gasteiger partial charge in [-0.25, -0.2) is 19.0 Å². The van der Waals surface area contributed by atoms with Crippen LogP contribution in [-0.4, -0.2) is 42.3 Å². The van der Waals surface area contributed by atoms with E-state index in [2.05, 4.69) is 48.5 Å². The molecule has 0 saturated heterocycles. The molecule has 4 aromatic rings. The van der Waals surface area contributed by atoms with Gasteiger partial charge in [-0.2, -0.15) is 0 Å². The quantitative estimate of drug-likeness (QED) is 0.341. The molecule has 0 spiro atoms. The molecule has 4 aromatic heterocycles. The van der Waals surface area contributed by atoms with Gasteiger partial charge in [0.05, 0.1) is 25.5 Å². The van der Waals surface area contributed by atoms with Crippen LogP contribution in [-0.2, 0) is 13.0 Å². The summed E-state index contributed by atoms with van der Waals surface area (Å²) < 4.78 is 23.4. The summed E-state index contributed by atoms with van der Waals surface area (Å²) in [7, 11) is 1.35. The van der Waals surface area contributed by atoms with Gasteiger partial charge in [0.1, 0.15) is 11.3 Å². The zero-order valence-corrected chi connectivity index (χ0v) is 18.9. The first-order valence-corrected chi connectivity index (χ1v) is 11.1. The van der Waals surface area contributed by atoms with Gasteiger partial charge in [-0.3, -0.25) is 4.79 Å². The number of Topliss-reactive ketones (excluding diaryl/α,β-unsaturated/α-hetero) is 1. The average molecular weight is 499 g/mol. The van der Waals surface area contributed by atoms with Crippen molar-refractivity contribution in [1.82, 2.24) is 29.4 Å². The largest absolute Gasteiger partial charge is 0.479 e. The SMILES string of the molecule is COc1ncc(Br)c(CCC(=O)c2cn(Cc3cn4cc(C5CC5)ccc4n3)nn2)c1F. The third kappa shape index (κ3) is 4.14. The number of halogens is 2. The highest BCUT2D eigenvalue weighted by Crippen LogP contribution is 2.39. The van der Waals surface area contributed by atoms with E-state index in [4.69, 9.17) is 4.74 Å². The minimum Gasteiger partial charge on any atom is -0.479 e. The van der Waals surface area contributed by atoms with Crippen LogP contribution in [0.15, 0.2) is 41.4 Å². The molecule has 0 bridgehead atoms. The van der Waals surface area contributed by atoms with Crippen molar-refractivity contribution in [2.24, 2.45) is 0 Å². The van der Waals surface area contributed by atoms with Crippen molar-refractivity contribution >= 4 is 27.4 Å². The Morgan fingerprint density at radius 3 is 2.91 bits per heavy atom. The summed E-state index contributed by atoms with van der Waals surface area (Å²) in [6, 6.07) is 4.16. The molecule has 4 heterocycles. The Bertz CT molecular complexity index is 1310. The zero-order chi connectivity index (χ0) is 22.2. The lowest BCUT2D eigenvalue weighted by molar-refractivity contribution is 0.0977. The molecule has 0 aromatic carbocycles. The highest BCUT2D eigenvalue weighted by atomic mass is 79.9. The lowest BCUT2D eigenvalue weighted by Crippen LogP contribution is -2.05. The number of carbonyl (C=O) groups excluding carboxylic acids is 1. The molecule has 8 nitrogen and oxygen atoms in total. The third-order valence-corrected chi connectivity index (χ3v) is 6.24. The third-order valence-electron chi connectivity index (χ3n) is 5.55. The van der Waals surface area contributed by atoms with Gasteiger partial charge in [-0.1, -0.05) is 11.3 Å². The first-order valence-electron chi connectivity index (χ1n) is 10.3. The molecule has 5 rings (SSSR count). The van der Waals surface area contributed by atoms with Gasteiger partial charge >= 0.3 is 0 Å². The minimum absolute atomic E-state index is 0.0830. The minimum atomic E-state index is -0.574. The van der Waals surface area contributed by atoms with Crippen LogP contribution < -0.4 is 4.74 Å². The van der Waals surface area contributed by atoms with Gasteiger partial charge in [0, 0.05) is 35.0 Å². The number of ketones is 1. The molecule has 0 amide bonds. The fourth-order valence-electron chi connectivity index (χ4n) is 3.69. The monoisotopic (exact) mass is 498 g/mol. The fraction of sp³-hybridized carbons (Fsp3) is 0.318. The number of fused-ring (bicyclic) bond motifs is 1. The van der Waals surface area contributed by atoms with Crippen LogP contribution in [0.4, 0.5) is 4.39 Å². The molecular weight excluding hydrogens is 479 g/mol. The number of aromatic nitrogens is 6. The van der Waals surface area contributed by atoms with Crippen molar-refractivity contribution in [1.29, 1.82) is 0 Å². The Labute approximate surface area is 191 Å². The number of methoxy groups -OCH3 is 1. The lowest BCUT2D eigenvalue weighted by atomic mass is 10.1. The number of imidazole rings is 1. The van der Waals surface area contributed by atoms with Crippen molar-refractivity contribution in [3.05, 3.63) is 69.7 Å². The smallest absolute Gasteiger partial charge is 0.250 e. The van der Waals surface area contributed by atoms with E-state index in [9.17, 15) is 9.18 Å². The molecule has 1 aliphatic rings. The summed E-state index contributed by atoms with van der Waals surface area (Å²) in [5.74, 6) is -0.216. The Balaban J connectivity index is 1.26. The number of rotatable bonds is 8. The van der Waals surface area contributed by atoms with Crippen molar-refractivity contribution in [2.75, 3.05) is 7.11 Å². The number of pyridine rings is 2. The van der Waals surface area contributed by atoms with Gasteiger partial charge < -0.3 is 9.14 Å². The van der Waals surface area contributed by atoms with E-state index in [-0.39, 0.29) is 30.2 Å². The van der Waals surface area contributed by atoms with Crippen LogP contribution in [0.25, 0.3) is 5.65 Å². The molecule has 1 saturated carbocycles. The Morgan fingerprint density at radius 1 is 1.28 bits per heavy atom. The second-order valence-corrected chi connectivity index (χ2v) is 8.72. The molecule has 10 heteroatoms. The van der Waals surface area contributed by atoms with E-state index in [1.165, 1.54) is 31.7 Å². The van der Waals surface area contributed by atoms with Gasteiger partial charge in [0.2, 0.25) is 5.88 Å². The van der Waals surface area contributed by atoms with Gasteiger partial charge in [0.25, 0.3) is 0 Å². The van der Waals surface area contributed by atoms with Gasteiger partial charge in [-0.15, -0.1) is 5.10 Å². The van der Waals surface area contributed by atoms with E-state index in [0.29, 0.717) is 22.5 Å². The van der Waals surface area contributed by atoms with Gasteiger partial charge in [0.15, 0.2) is 11.6 Å². The number of carbonyl (C=O) groups is 1.